The molecular weight excluding hydrogens is 552 g/mol. The standard InChI is InChI=1S/C34H25ClN2O5/c1-42-20-16-14-19(15-17-20)27(38)18-36(32(39)25-12-6-7-13-26(25)35)37-33(40)30-28-21-8-2-3-9-22(21)29(31(30)34(37)41)24-11-5-4-10-23(24)28/h2-17,28-31H,18H2,1H3/t28?,29?,30-,31-/m0/s1. The van der Waals surface area contributed by atoms with E-state index in [9.17, 15) is 19.2 Å². The van der Waals surface area contributed by atoms with Crippen molar-refractivity contribution in [2.45, 2.75) is 11.8 Å². The molecule has 0 aromatic heterocycles. The van der Waals surface area contributed by atoms with Gasteiger partial charge in [-0.3, -0.25) is 19.2 Å². The molecule has 1 saturated heterocycles. The minimum absolute atomic E-state index is 0.0895. The third-order valence-corrected chi connectivity index (χ3v) is 9.04. The lowest BCUT2D eigenvalue weighted by Crippen LogP contribution is -2.52. The van der Waals surface area contributed by atoms with Gasteiger partial charge >= 0.3 is 0 Å². The van der Waals surface area contributed by atoms with E-state index in [1.807, 2.05) is 48.5 Å². The lowest BCUT2D eigenvalue weighted by molar-refractivity contribution is -0.154. The van der Waals surface area contributed by atoms with Crippen molar-refractivity contribution in [2.24, 2.45) is 11.8 Å². The van der Waals surface area contributed by atoms with Crippen LogP contribution in [0.4, 0.5) is 0 Å². The molecule has 3 amide bonds. The van der Waals surface area contributed by atoms with Crippen molar-refractivity contribution in [2.75, 3.05) is 13.7 Å². The van der Waals surface area contributed by atoms with Crippen molar-refractivity contribution >= 4 is 35.1 Å². The number of hydrogen-bond acceptors (Lipinski definition) is 5. The molecule has 0 saturated carbocycles. The number of methoxy groups -OCH3 is 1. The van der Waals surface area contributed by atoms with Crippen molar-refractivity contribution < 1.29 is 23.9 Å². The smallest absolute Gasteiger partial charge is 0.274 e. The summed E-state index contributed by atoms with van der Waals surface area (Å²) in [4.78, 5) is 56.3. The highest BCUT2D eigenvalue weighted by atomic mass is 35.5. The van der Waals surface area contributed by atoms with Gasteiger partial charge in [-0.1, -0.05) is 72.3 Å². The molecule has 0 radical (unpaired) electrons. The summed E-state index contributed by atoms with van der Waals surface area (Å²) in [5.74, 6) is -3.66. The molecule has 3 aliphatic carbocycles. The average molecular weight is 577 g/mol. The fourth-order valence-corrected chi connectivity index (χ4v) is 7.13. The number of carbonyl (C=O) groups excluding carboxylic acids is 4. The van der Waals surface area contributed by atoms with Crippen molar-refractivity contribution in [3.63, 3.8) is 0 Å². The Morgan fingerprint density at radius 3 is 1.69 bits per heavy atom. The van der Waals surface area contributed by atoms with E-state index in [0.29, 0.717) is 11.3 Å². The Morgan fingerprint density at radius 2 is 1.21 bits per heavy atom. The molecule has 4 aliphatic rings. The molecule has 4 aromatic rings. The van der Waals surface area contributed by atoms with Crippen LogP contribution < -0.4 is 4.74 Å². The predicted octanol–water partition coefficient (Wildman–Crippen LogP) is 5.48. The van der Waals surface area contributed by atoms with Gasteiger partial charge in [-0.15, -0.1) is 0 Å². The highest BCUT2D eigenvalue weighted by Crippen LogP contribution is 2.61. The molecule has 2 atom stereocenters. The fourth-order valence-electron chi connectivity index (χ4n) is 6.91. The Hall–Kier alpha value is -4.75. The maximum atomic E-state index is 14.4. The van der Waals surface area contributed by atoms with Crippen LogP contribution in [0.3, 0.4) is 0 Å². The van der Waals surface area contributed by atoms with Gasteiger partial charge in [-0.25, -0.2) is 5.01 Å². The molecule has 42 heavy (non-hydrogen) atoms. The Labute approximate surface area is 247 Å². The van der Waals surface area contributed by atoms with Gasteiger partial charge in [0.25, 0.3) is 17.7 Å². The zero-order chi connectivity index (χ0) is 29.1. The molecule has 0 spiro atoms. The summed E-state index contributed by atoms with van der Waals surface area (Å²) in [6.07, 6.45) is 0. The molecule has 2 bridgehead atoms. The first-order chi connectivity index (χ1) is 20.4. The Balaban J connectivity index is 1.32. The molecule has 8 heteroatoms. The number of ketones is 1. The number of nitrogens with zero attached hydrogens (tertiary/aromatic N) is 2. The van der Waals surface area contributed by atoms with Crippen LogP contribution in [-0.4, -0.2) is 47.2 Å². The summed E-state index contributed by atoms with van der Waals surface area (Å²) in [7, 11) is 1.52. The van der Waals surface area contributed by atoms with E-state index in [-0.39, 0.29) is 22.4 Å². The zero-order valence-electron chi connectivity index (χ0n) is 22.6. The van der Waals surface area contributed by atoms with Crippen LogP contribution in [0.15, 0.2) is 97.1 Å². The third kappa shape index (κ3) is 3.80. The molecular formula is C34H25ClN2O5. The minimum Gasteiger partial charge on any atom is -0.497 e. The average Bonchev–Trinajstić information content (AvgIpc) is 3.29. The van der Waals surface area contributed by atoms with E-state index in [2.05, 4.69) is 0 Å². The molecule has 7 nitrogen and oxygen atoms in total. The molecule has 4 aromatic carbocycles. The van der Waals surface area contributed by atoms with E-state index < -0.39 is 41.9 Å². The van der Waals surface area contributed by atoms with E-state index in [1.54, 1.807) is 42.5 Å². The summed E-state index contributed by atoms with van der Waals surface area (Å²) in [5.41, 5.74) is 4.47. The second-order valence-corrected chi connectivity index (χ2v) is 11.2. The van der Waals surface area contributed by atoms with E-state index in [4.69, 9.17) is 16.3 Å². The lowest BCUT2D eigenvalue weighted by Gasteiger charge is -2.45. The second-order valence-electron chi connectivity index (χ2n) is 10.7. The number of amides is 3. The number of imide groups is 1. The predicted molar refractivity (Wildman–Crippen MR) is 155 cm³/mol. The zero-order valence-corrected chi connectivity index (χ0v) is 23.3. The number of ether oxygens (including phenoxy) is 1. The Morgan fingerprint density at radius 1 is 0.738 bits per heavy atom. The number of halogens is 1. The first-order valence-electron chi connectivity index (χ1n) is 13.7. The Bertz CT molecular complexity index is 1670. The van der Waals surface area contributed by atoms with Crippen molar-refractivity contribution in [1.82, 2.24) is 10.0 Å². The molecule has 0 N–H and O–H groups in total. The van der Waals surface area contributed by atoms with E-state index in [1.165, 1.54) is 13.2 Å². The topological polar surface area (TPSA) is 84.0 Å². The fraction of sp³-hybridized carbons (Fsp3) is 0.176. The van der Waals surface area contributed by atoms with Gasteiger partial charge in [0.1, 0.15) is 12.3 Å². The Kier molecular flexibility index (Phi) is 6.21. The third-order valence-electron chi connectivity index (χ3n) is 8.71. The first-order valence-corrected chi connectivity index (χ1v) is 14.1. The molecule has 0 unspecified atom stereocenters. The summed E-state index contributed by atoms with van der Waals surface area (Å²) < 4.78 is 5.19. The van der Waals surface area contributed by atoms with Crippen molar-refractivity contribution in [1.29, 1.82) is 0 Å². The van der Waals surface area contributed by atoms with E-state index >= 15 is 0 Å². The number of hydrogen-bond donors (Lipinski definition) is 0. The van der Waals surface area contributed by atoms with Gasteiger partial charge in [-0.05, 0) is 58.7 Å². The van der Waals surface area contributed by atoms with Gasteiger partial charge in [0.2, 0.25) is 0 Å². The van der Waals surface area contributed by atoms with Crippen LogP contribution in [-0.2, 0) is 9.59 Å². The normalized spacial score (nSPS) is 21.4. The first kappa shape index (κ1) is 26.2. The maximum Gasteiger partial charge on any atom is 0.274 e. The maximum absolute atomic E-state index is 14.4. The highest BCUT2D eigenvalue weighted by molar-refractivity contribution is 6.34. The molecule has 1 aliphatic heterocycles. The van der Waals surface area contributed by atoms with Gasteiger partial charge in [0.05, 0.1) is 29.5 Å². The SMILES string of the molecule is COc1ccc(C(=O)CN(C(=O)c2ccccc2Cl)N2C(=O)[C@H]3C4c5ccccc5C(c5ccccc54)[C@@H]3C2=O)cc1. The van der Waals surface area contributed by atoms with Gasteiger partial charge in [-0.2, -0.15) is 5.01 Å². The largest absolute Gasteiger partial charge is 0.497 e. The van der Waals surface area contributed by atoms with Gasteiger partial charge < -0.3 is 4.74 Å². The van der Waals surface area contributed by atoms with Crippen LogP contribution in [0.25, 0.3) is 0 Å². The van der Waals surface area contributed by atoms with E-state index in [0.717, 1.165) is 32.3 Å². The summed E-state index contributed by atoms with van der Waals surface area (Å²) in [6.45, 7) is -0.525. The summed E-state index contributed by atoms with van der Waals surface area (Å²) in [6, 6.07) is 28.7. The van der Waals surface area contributed by atoms with Gasteiger partial charge in [0, 0.05) is 17.4 Å². The number of rotatable bonds is 6. The van der Waals surface area contributed by atoms with Crippen LogP contribution in [0.1, 0.15) is 54.8 Å². The molecule has 1 heterocycles. The van der Waals surface area contributed by atoms with Crippen LogP contribution in [0.2, 0.25) is 5.02 Å². The molecule has 1 fully saturated rings. The lowest BCUT2D eigenvalue weighted by atomic mass is 9.55. The van der Waals surface area contributed by atoms with Crippen molar-refractivity contribution in [3.8, 4) is 5.75 Å². The molecule has 8 rings (SSSR count). The number of carbonyl (C=O) groups is 4. The number of hydrazine groups is 1. The quantitative estimate of drug-likeness (QED) is 0.224. The van der Waals surface area contributed by atoms with Crippen LogP contribution in [0.5, 0.6) is 5.75 Å². The minimum atomic E-state index is -0.704. The van der Waals surface area contributed by atoms with Crippen LogP contribution >= 0.6 is 11.6 Å². The van der Waals surface area contributed by atoms with Crippen molar-refractivity contribution in [3.05, 3.63) is 135 Å². The number of benzene rings is 4. The number of Topliss-reactive ketones (excluding diaryl/α,β-unsaturated/α-hetero) is 1. The van der Waals surface area contributed by atoms with Crippen LogP contribution in [0, 0.1) is 11.8 Å². The summed E-state index contributed by atoms with van der Waals surface area (Å²) in [5, 5.41) is 2.05. The van der Waals surface area contributed by atoms with Gasteiger partial charge in [0.15, 0.2) is 5.78 Å². The monoisotopic (exact) mass is 576 g/mol. The highest BCUT2D eigenvalue weighted by Gasteiger charge is 2.63. The summed E-state index contributed by atoms with van der Waals surface area (Å²) >= 11 is 6.39. The second kappa shape index (κ2) is 9.96. The molecule has 208 valence electrons.